The van der Waals surface area contributed by atoms with Crippen LogP contribution in [0.3, 0.4) is 0 Å². The van der Waals surface area contributed by atoms with Crippen molar-refractivity contribution in [3.8, 4) is 17.2 Å². The molecular weight excluding hydrogens is 246 g/mol. The number of benzene rings is 1. The second-order valence-electron chi connectivity index (χ2n) is 5.30. The van der Waals surface area contributed by atoms with Crippen molar-refractivity contribution < 1.29 is 19.0 Å². The molecular formula is C14H15NO4. The van der Waals surface area contributed by atoms with Crippen LogP contribution >= 0.6 is 0 Å². The second kappa shape index (κ2) is 3.87. The number of nitrogens with one attached hydrogen (secondary N) is 1. The average Bonchev–Trinajstić information content (AvgIpc) is 2.85. The number of hydrogen-bond donors (Lipinski definition) is 1. The molecule has 1 saturated heterocycles. The normalized spacial score (nSPS) is 28.1. The molecule has 3 heterocycles. The minimum atomic E-state index is -0.367. The summed E-state index contributed by atoms with van der Waals surface area (Å²) in [4.78, 5) is 12.3. The van der Waals surface area contributed by atoms with E-state index in [0.717, 1.165) is 19.5 Å². The van der Waals surface area contributed by atoms with Crippen LogP contribution in [0.5, 0.6) is 17.2 Å². The van der Waals surface area contributed by atoms with E-state index in [1.54, 1.807) is 12.1 Å². The molecule has 0 amide bonds. The molecule has 0 aromatic heterocycles. The van der Waals surface area contributed by atoms with Gasteiger partial charge in [-0.1, -0.05) is 0 Å². The Kier molecular flexibility index (Phi) is 2.26. The summed E-state index contributed by atoms with van der Waals surface area (Å²) >= 11 is 0. The molecule has 0 saturated carbocycles. The molecule has 1 N–H and O–H groups in total. The van der Waals surface area contributed by atoms with Crippen LogP contribution in [0.25, 0.3) is 0 Å². The van der Waals surface area contributed by atoms with Crippen molar-refractivity contribution in [3.05, 3.63) is 17.7 Å². The van der Waals surface area contributed by atoms with Crippen LogP contribution in [-0.2, 0) is 0 Å². The fourth-order valence-corrected chi connectivity index (χ4v) is 2.99. The molecule has 1 fully saturated rings. The van der Waals surface area contributed by atoms with Gasteiger partial charge in [0.25, 0.3) is 0 Å². The molecule has 3 aliphatic heterocycles. The summed E-state index contributed by atoms with van der Waals surface area (Å²) in [5.74, 6) is 2.06. The van der Waals surface area contributed by atoms with Gasteiger partial charge in [-0.05, 0) is 12.6 Å². The van der Waals surface area contributed by atoms with E-state index in [9.17, 15) is 4.79 Å². The smallest absolute Gasteiger partial charge is 0.170 e. The van der Waals surface area contributed by atoms with E-state index < -0.39 is 0 Å². The minimum absolute atomic E-state index is 0.127. The summed E-state index contributed by atoms with van der Waals surface area (Å²) < 4.78 is 17.2. The maximum atomic E-state index is 12.3. The van der Waals surface area contributed by atoms with Crippen LogP contribution in [0.1, 0.15) is 23.2 Å². The summed E-state index contributed by atoms with van der Waals surface area (Å²) in [6.07, 6.45) is 1.30. The maximum Gasteiger partial charge on any atom is 0.170 e. The van der Waals surface area contributed by atoms with Gasteiger partial charge in [0.1, 0.15) is 24.6 Å². The molecule has 0 radical (unpaired) electrons. The summed E-state index contributed by atoms with van der Waals surface area (Å²) in [5.41, 5.74) is 0.246. The van der Waals surface area contributed by atoms with Crippen molar-refractivity contribution in [1.82, 2.24) is 5.32 Å². The van der Waals surface area contributed by atoms with Crippen LogP contribution in [0.15, 0.2) is 12.1 Å². The highest BCUT2D eigenvalue weighted by atomic mass is 16.6. The zero-order chi connectivity index (χ0) is 12.9. The first kappa shape index (κ1) is 11.1. The van der Waals surface area contributed by atoms with Crippen molar-refractivity contribution >= 4 is 5.78 Å². The Morgan fingerprint density at radius 3 is 2.63 bits per heavy atom. The molecule has 3 aliphatic rings. The van der Waals surface area contributed by atoms with Gasteiger partial charge in [-0.3, -0.25) is 4.79 Å². The molecule has 1 spiro atoms. The third-order valence-corrected chi connectivity index (χ3v) is 3.96. The van der Waals surface area contributed by atoms with E-state index in [1.807, 2.05) is 0 Å². The SMILES string of the molecule is O=C1CC2(CCNC2)Oc2cc3c(cc21)OCCO3. The molecule has 5 nitrogen and oxygen atoms in total. The van der Waals surface area contributed by atoms with Gasteiger partial charge in [-0.25, -0.2) is 0 Å². The summed E-state index contributed by atoms with van der Waals surface area (Å²) in [5, 5.41) is 3.26. The Morgan fingerprint density at radius 2 is 1.89 bits per heavy atom. The van der Waals surface area contributed by atoms with Crippen LogP contribution < -0.4 is 19.5 Å². The molecule has 0 aliphatic carbocycles. The number of ketones is 1. The lowest BCUT2D eigenvalue weighted by atomic mass is 9.89. The van der Waals surface area contributed by atoms with Gasteiger partial charge in [-0.15, -0.1) is 0 Å². The Labute approximate surface area is 110 Å². The molecule has 1 aromatic carbocycles. The first-order valence-electron chi connectivity index (χ1n) is 6.62. The van der Waals surface area contributed by atoms with Crippen molar-refractivity contribution in [2.24, 2.45) is 0 Å². The number of carbonyl (C=O) groups excluding carboxylic acids is 1. The Hall–Kier alpha value is -1.75. The lowest BCUT2D eigenvalue weighted by molar-refractivity contribution is 0.0521. The van der Waals surface area contributed by atoms with E-state index in [1.165, 1.54) is 0 Å². The van der Waals surface area contributed by atoms with Gasteiger partial charge in [-0.2, -0.15) is 0 Å². The average molecular weight is 261 g/mol. The lowest BCUT2D eigenvalue weighted by Crippen LogP contribution is -2.43. The van der Waals surface area contributed by atoms with E-state index in [2.05, 4.69) is 5.32 Å². The summed E-state index contributed by atoms with van der Waals surface area (Å²) in [6, 6.07) is 3.54. The summed E-state index contributed by atoms with van der Waals surface area (Å²) in [6.45, 7) is 2.68. The molecule has 19 heavy (non-hydrogen) atoms. The number of carbonyl (C=O) groups is 1. The van der Waals surface area contributed by atoms with E-state index in [-0.39, 0.29) is 11.4 Å². The van der Waals surface area contributed by atoms with Crippen molar-refractivity contribution in [3.63, 3.8) is 0 Å². The Bertz CT molecular complexity index is 549. The van der Waals surface area contributed by atoms with Gasteiger partial charge in [0.2, 0.25) is 0 Å². The maximum absolute atomic E-state index is 12.3. The second-order valence-corrected chi connectivity index (χ2v) is 5.30. The number of hydrogen-bond acceptors (Lipinski definition) is 5. The highest BCUT2D eigenvalue weighted by Crippen LogP contribution is 2.43. The van der Waals surface area contributed by atoms with Gasteiger partial charge in [0.15, 0.2) is 17.3 Å². The van der Waals surface area contributed by atoms with Crippen LogP contribution in [0.4, 0.5) is 0 Å². The zero-order valence-corrected chi connectivity index (χ0v) is 10.5. The largest absolute Gasteiger partial charge is 0.486 e. The molecule has 1 aromatic rings. The lowest BCUT2D eigenvalue weighted by Gasteiger charge is -2.34. The molecule has 1 unspecified atom stereocenters. The van der Waals surface area contributed by atoms with E-state index in [4.69, 9.17) is 14.2 Å². The molecule has 0 bridgehead atoms. The fraction of sp³-hybridized carbons (Fsp3) is 0.500. The highest BCUT2D eigenvalue weighted by Gasteiger charge is 2.43. The van der Waals surface area contributed by atoms with Gasteiger partial charge in [0.05, 0.1) is 12.0 Å². The highest BCUT2D eigenvalue weighted by molar-refractivity contribution is 6.01. The standard InChI is InChI=1S/C14H15NO4/c16-10-7-14(1-2-15-8-14)19-11-6-13-12(5-9(10)11)17-3-4-18-13/h5-6,15H,1-4,7-8H2. The van der Waals surface area contributed by atoms with Crippen LogP contribution in [0.2, 0.25) is 0 Å². The summed E-state index contributed by atoms with van der Waals surface area (Å²) in [7, 11) is 0. The molecule has 4 rings (SSSR count). The molecule has 100 valence electrons. The van der Waals surface area contributed by atoms with Gasteiger partial charge < -0.3 is 19.5 Å². The molecule has 1 atom stereocenters. The van der Waals surface area contributed by atoms with Crippen molar-refractivity contribution in [2.75, 3.05) is 26.3 Å². The molecule has 5 heteroatoms. The monoisotopic (exact) mass is 261 g/mol. The Balaban J connectivity index is 1.78. The zero-order valence-electron chi connectivity index (χ0n) is 10.5. The first-order valence-corrected chi connectivity index (χ1v) is 6.62. The van der Waals surface area contributed by atoms with Gasteiger partial charge >= 0.3 is 0 Å². The minimum Gasteiger partial charge on any atom is -0.486 e. The van der Waals surface area contributed by atoms with Crippen LogP contribution in [-0.4, -0.2) is 37.7 Å². The number of Topliss-reactive ketones (excluding diaryl/α,β-unsaturated/α-hetero) is 1. The third-order valence-electron chi connectivity index (χ3n) is 3.96. The number of fused-ring (bicyclic) bond motifs is 2. The van der Waals surface area contributed by atoms with Crippen molar-refractivity contribution in [2.45, 2.75) is 18.4 Å². The van der Waals surface area contributed by atoms with E-state index in [0.29, 0.717) is 42.4 Å². The number of ether oxygens (including phenoxy) is 3. The van der Waals surface area contributed by atoms with Gasteiger partial charge in [0, 0.05) is 19.0 Å². The fourth-order valence-electron chi connectivity index (χ4n) is 2.99. The quantitative estimate of drug-likeness (QED) is 0.759. The topological polar surface area (TPSA) is 56.8 Å². The third kappa shape index (κ3) is 1.69. The van der Waals surface area contributed by atoms with E-state index >= 15 is 0 Å². The Morgan fingerprint density at radius 1 is 1.11 bits per heavy atom. The van der Waals surface area contributed by atoms with Crippen LogP contribution in [0, 0.1) is 0 Å². The van der Waals surface area contributed by atoms with Crippen molar-refractivity contribution in [1.29, 1.82) is 0 Å². The number of rotatable bonds is 0. The predicted molar refractivity (Wildman–Crippen MR) is 67.2 cm³/mol. The first-order chi connectivity index (χ1) is 9.26. The predicted octanol–water partition coefficient (Wildman–Crippen LogP) is 1.16.